The monoisotopic (exact) mass is 311 g/mol. The van der Waals surface area contributed by atoms with E-state index in [9.17, 15) is 9.90 Å². The van der Waals surface area contributed by atoms with Crippen LogP contribution in [0.3, 0.4) is 0 Å². The average Bonchev–Trinajstić information content (AvgIpc) is 3.06. The van der Waals surface area contributed by atoms with Gasteiger partial charge in [-0.05, 0) is 31.1 Å². The minimum atomic E-state index is -0.696. The van der Waals surface area contributed by atoms with Crippen LogP contribution in [-0.4, -0.2) is 38.3 Å². The van der Waals surface area contributed by atoms with Crippen molar-refractivity contribution in [3.05, 3.63) is 16.4 Å². The van der Waals surface area contributed by atoms with Crippen LogP contribution in [0.2, 0.25) is 5.02 Å². The molecule has 1 aliphatic heterocycles. The second kappa shape index (κ2) is 5.61. The van der Waals surface area contributed by atoms with Crippen molar-refractivity contribution in [2.45, 2.75) is 45.2 Å². The van der Waals surface area contributed by atoms with E-state index in [2.05, 4.69) is 10.00 Å². The summed E-state index contributed by atoms with van der Waals surface area (Å²) in [6, 6.07) is -0.367. The molecule has 6 heteroatoms. The maximum Gasteiger partial charge on any atom is 0.321 e. The van der Waals surface area contributed by atoms with Gasteiger partial charge in [-0.3, -0.25) is 14.4 Å². The van der Waals surface area contributed by atoms with Crippen molar-refractivity contribution < 1.29 is 9.90 Å². The zero-order valence-corrected chi connectivity index (χ0v) is 13.3. The fourth-order valence-electron chi connectivity index (χ4n) is 4.08. The normalized spacial score (nSPS) is 29.0. The molecular weight excluding hydrogens is 290 g/mol. The van der Waals surface area contributed by atoms with Crippen LogP contribution in [0.1, 0.15) is 37.6 Å². The molecule has 0 bridgehead atoms. The van der Waals surface area contributed by atoms with Crippen molar-refractivity contribution in [3.63, 3.8) is 0 Å². The van der Waals surface area contributed by atoms with Gasteiger partial charge in [0.05, 0.1) is 16.4 Å². The molecule has 3 unspecified atom stereocenters. The highest BCUT2D eigenvalue weighted by Crippen LogP contribution is 2.43. The van der Waals surface area contributed by atoms with Gasteiger partial charge in [-0.1, -0.05) is 24.9 Å². The maximum atomic E-state index is 11.7. The highest BCUT2D eigenvalue weighted by molar-refractivity contribution is 6.31. The van der Waals surface area contributed by atoms with Crippen LogP contribution < -0.4 is 0 Å². The van der Waals surface area contributed by atoms with Gasteiger partial charge in [0, 0.05) is 20.1 Å². The molecule has 1 saturated carbocycles. The van der Waals surface area contributed by atoms with Gasteiger partial charge in [-0.25, -0.2) is 0 Å². The van der Waals surface area contributed by atoms with E-state index in [0.29, 0.717) is 23.4 Å². The van der Waals surface area contributed by atoms with Gasteiger partial charge in [0.2, 0.25) is 0 Å². The number of halogens is 1. The molecule has 0 radical (unpaired) electrons. The molecule has 1 aromatic rings. The SMILES string of the molecule is CCc1nn(C)c(CN2CC3CCCC3C2C(=O)O)c1Cl. The molecule has 2 heterocycles. The number of aryl methyl sites for hydroxylation is 2. The number of aromatic nitrogens is 2. The summed E-state index contributed by atoms with van der Waals surface area (Å²) < 4.78 is 1.80. The topological polar surface area (TPSA) is 58.4 Å². The molecule has 116 valence electrons. The van der Waals surface area contributed by atoms with Gasteiger partial charge in [0.1, 0.15) is 6.04 Å². The summed E-state index contributed by atoms with van der Waals surface area (Å²) >= 11 is 6.40. The second-order valence-electron chi connectivity index (χ2n) is 6.25. The predicted octanol–water partition coefficient (Wildman–Crippen LogP) is 2.32. The number of nitrogens with zero attached hydrogens (tertiary/aromatic N) is 3. The number of carbonyl (C=O) groups is 1. The number of likely N-dealkylation sites (tertiary alicyclic amines) is 1. The van der Waals surface area contributed by atoms with Crippen LogP contribution >= 0.6 is 11.6 Å². The Morgan fingerprint density at radius 1 is 1.48 bits per heavy atom. The summed E-state index contributed by atoms with van der Waals surface area (Å²) in [5, 5.41) is 14.7. The minimum absolute atomic E-state index is 0.306. The number of rotatable bonds is 4. The largest absolute Gasteiger partial charge is 0.480 e. The molecule has 0 amide bonds. The summed E-state index contributed by atoms with van der Waals surface area (Å²) in [7, 11) is 1.88. The first-order valence-corrected chi connectivity index (χ1v) is 8.07. The van der Waals surface area contributed by atoms with E-state index in [-0.39, 0.29) is 6.04 Å². The van der Waals surface area contributed by atoms with E-state index in [1.165, 1.54) is 6.42 Å². The Kier molecular flexibility index (Phi) is 3.97. The lowest BCUT2D eigenvalue weighted by Crippen LogP contribution is -2.39. The summed E-state index contributed by atoms with van der Waals surface area (Å²) in [6.07, 6.45) is 4.15. The molecule has 3 atom stereocenters. The third-order valence-electron chi connectivity index (χ3n) is 5.09. The minimum Gasteiger partial charge on any atom is -0.480 e. The third-order valence-corrected chi connectivity index (χ3v) is 5.53. The number of hydrogen-bond donors (Lipinski definition) is 1. The fraction of sp³-hybridized carbons (Fsp3) is 0.733. The van der Waals surface area contributed by atoms with Gasteiger partial charge in [-0.2, -0.15) is 5.10 Å². The van der Waals surface area contributed by atoms with Crippen LogP contribution in [-0.2, 0) is 24.8 Å². The molecule has 1 saturated heterocycles. The van der Waals surface area contributed by atoms with Gasteiger partial charge >= 0.3 is 5.97 Å². The smallest absolute Gasteiger partial charge is 0.321 e. The molecule has 0 spiro atoms. The average molecular weight is 312 g/mol. The van der Waals surface area contributed by atoms with Crippen molar-refractivity contribution in [1.29, 1.82) is 0 Å². The Labute approximate surface area is 129 Å². The molecule has 1 aliphatic carbocycles. The van der Waals surface area contributed by atoms with Crippen LogP contribution in [0.25, 0.3) is 0 Å². The number of aliphatic carboxylic acids is 1. The second-order valence-corrected chi connectivity index (χ2v) is 6.63. The Morgan fingerprint density at radius 3 is 2.86 bits per heavy atom. The lowest BCUT2D eigenvalue weighted by Gasteiger charge is -2.24. The first kappa shape index (κ1) is 14.9. The van der Waals surface area contributed by atoms with Gasteiger partial charge in [-0.15, -0.1) is 0 Å². The van der Waals surface area contributed by atoms with Crippen LogP contribution in [0.5, 0.6) is 0 Å². The van der Waals surface area contributed by atoms with Crippen molar-refractivity contribution in [2.24, 2.45) is 18.9 Å². The first-order chi connectivity index (χ1) is 10.0. The number of carboxylic acid groups (broad SMARTS) is 1. The van der Waals surface area contributed by atoms with Crippen LogP contribution in [0.15, 0.2) is 0 Å². The summed E-state index contributed by atoms with van der Waals surface area (Å²) in [5.74, 6) is 0.141. The molecule has 5 nitrogen and oxygen atoms in total. The number of fused-ring (bicyclic) bond motifs is 1. The highest BCUT2D eigenvalue weighted by Gasteiger charge is 2.47. The molecule has 3 rings (SSSR count). The Morgan fingerprint density at radius 2 is 2.24 bits per heavy atom. The van der Waals surface area contributed by atoms with E-state index in [0.717, 1.165) is 37.2 Å². The van der Waals surface area contributed by atoms with Crippen LogP contribution in [0, 0.1) is 11.8 Å². The van der Waals surface area contributed by atoms with E-state index in [1.54, 1.807) is 4.68 Å². The quantitative estimate of drug-likeness (QED) is 0.927. The molecule has 1 N–H and O–H groups in total. The maximum absolute atomic E-state index is 11.7. The fourth-order valence-corrected chi connectivity index (χ4v) is 4.43. The van der Waals surface area contributed by atoms with Crippen LogP contribution in [0.4, 0.5) is 0 Å². The van der Waals surface area contributed by atoms with Gasteiger partial charge in [0.25, 0.3) is 0 Å². The van der Waals surface area contributed by atoms with Gasteiger partial charge in [0.15, 0.2) is 0 Å². The standard InChI is InChI=1S/C15H22ClN3O2/c1-3-11-13(16)12(18(2)17-11)8-19-7-9-5-4-6-10(9)14(19)15(20)21/h9-10,14H,3-8H2,1-2H3,(H,20,21). The zero-order valence-electron chi connectivity index (χ0n) is 12.5. The van der Waals surface area contributed by atoms with E-state index < -0.39 is 5.97 Å². The lowest BCUT2D eigenvalue weighted by molar-refractivity contribution is -0.143. The summed E-state index contributed by atoms with van der Waals surface area (Å²) in [4.78, 5) is 13.8. The molecule has 1 aromatic heterocycles. The lowest BCUT2D eigenvalue weighted by atomic mass is 9.94. The number of hydrogen-bond acceptors (Lipinski definition) is 3. The Bertz CT molecular complexity index is 557. The highest BCUT2D eigenvalue weighted by atomic mass is 35.5. The molecule has 2 fully saturated rings. The molecule has 2 aliphatic rings. The zero-order chi connectivity index (χ0) is 15.1. The molecular formula is C15H22ClN3O2. The Hall–Kier alpha value is -1.07. The molecule has 0 aromatic carbocycles. The predicted molar refractivity (Wildman–Crippen MR) is 80.3 cm³/mol. The van der Waals surface area contributed by atoms with Crippen molar-refractivity contribution in [1.82, 2.24) is 14.7 Å². The number of carboxylic acids is 1. The summed E-state index contributed by atoms with van der Waals surface area (Å²) in [6.45, 7) is 3.47. The Balaban J connectivity index is 1.84. The first-order valence-electron chi connectivity index (χ1n) is 7.70. The third kappa shape index (κ3) is 2.46. The van der Waals surface area contributed by atoms with Crippen molar-refractivity contribution >= 4 is 17.6 Å². The van der Waals surface area contributed by atoms with E-state index in [4.69, 9.17) is 11.6 Å². The van der Waals surface area contributed by atoms with E-state index in [1.807, 2.05) is 14.0 Å². The molecule has 21 heavy (non-hydrogen) atoms. The van der Waals surface area contributed by atoms with Crippen molar-refractivity contribution in [2.75, 3.05) is 6.54 Å². The van der Waals surface area contributed by atoms with Crippen molar-refractivity contribution in [3.8, 4) is 0 Å². The summed E-state index contributed by atoms with van der Waals surface area (Å²) in [5.41, 5.74) is 1.82. The van der Waals surface area contributed by atoms with E-state index >= 15 is 0 Å². The van der Waals surface area contributed by atoms with Gasteiger partial charge < -0.3 is 5.11 Å².